The van der Waals surface area contributed by atoms with E-state index < -0.39 is 0 Å². The van der Waals surface area contributed by atoms with Crippen molar-refractivity contribution in [1.29, 1.82) is 0 Å². The van der Waals surface area contributed by atoms with Crippen LogP contribution in [-0.2, 0) is 13.0 Å². The molecule has 3 aromatic carbocycles. The molecule has 0 aliphatic carbocycles. The van der Waals surface area contributed by atoms with Crippen LogP contribution in [-0.4, -0.2) is 24.0 Å². The first kappa shape index (κ1) is 21.2. The van der Waals surface area contributed by atoms with Crippen LogP contribution in [0.15, 0.2) is 78.6 Å². The van der Waals surface area contributed by atoms with E-state index in [2.05, 4.69) is 4.90 Å². The molecule has 4 nitrogen and oxygen atoms in total. The number of hydrogen-bond donors (Lipinski definition) is 0. The molecule has 0 saturated heterocycles. The van der Waals surface area contributed by atoms with Gasteiger partial charge in [0.25, 0.3) is 0 Å². The van der Waals surface area contributed by atoms with E-state index in [1.807, 2.05) is 55.5 Å². The van der Waals surface area contributed by atoms with Gasteiger partial charge >= 0.3 is 0 Å². The first-order valence-electron chi connectivity index (χ1n) is 11.0. The number of fused-ring (bicyclic) bond motifs is 2. The van der Waals surface area contributed by atoms with E-state index in [1.165, 1.54) is 12.1 Å². The van der Waals surface area contributed by atoms with Gasteiger partial charge in [0.15, 0.2) is 5.76 Å². The number of allylic oxidation sites excluding steroid dienone is 3. The van der Waals surface area contributed by atoms with Crippen LogP contribution in [0.2, 0.25) is 0 Å². The second kappa shape index (κ2) is 9.04. The lowest BCUT2D eigenvalue weighted by atomic mass is 10.00. The van der Waals surface area contributed by atoms with Crippen molar-refractivity contribution in [3.8, 4) is 11.5 Å². The van der Waals surface area contributed by atoms with Gasteiger partial charge in [-0.15, -0.1) is 0 Å². The van der Waals surface area contributed by atoms with Crippen LogP contribution in [0.4, 0.5) is 4.39 Å². The molecule has 0 fully saturated rings. The first-order chi connectivity index (χ1) is 16.1. The Morgan fingerprint density at radius 1 is 1.06 bits per heavy atom. The molecule has 3 aromatic rings. The fourth-order valence-corrected chi connectivity index (χ4v) is 4.20. The zero-order chi connectivity index (χ0) is 22.8. The third-order valence-electron chi connectivity index (χ3n) is 5.97. The predicted octanol–water partition coefficient (Wildman–Crippen LogP) is 5.70. The largest absolute Gasteiger partial charge is 0.477 e. The molecule has 0 radical (unpaired) electrons. The van der Waals surface area contributed by atoms with Crippen LogP contribution in [0.1, 0.15) is 32.6 Å². The molecule has 2 heterocycles. The van der Waals surface area contributed by atoms with Crippen LogP contribution in [0.5, 0.6) is 11.5 Å². The predicted molar refractivity (Wildman–Crippen MR) is 126 cm³/mol. The summed E-state index contributed by atoms with van der Waals surface area (Å²) >= 11 is 0. The summed E-state index contributed by atoms with van der Waals surface area (Å²) in [6.45, 7) is 3.86. The molecule has 166 valence electrons. The molecule has 5 rings (SSSR count). The van der Waals surface area contributed by atoms with E-state index in [1.54, 1.807) is 18.2 Å². The van der Waals surface area contributed by atoms with E-state index in [9.17, 15) is 9.18 Å². The Labute approximate surface area is 192 Å². The lowest BCUT2D eigenvalue weighted by Crippen LogP contribution is -2.34. The Kier molecular flexibility index (Phi) is 5.80. The van der Waals surface area contributed by atoms with Crippen LogP contribution in [0, 0.1) is 12.7 Å². The summed E-state index contributed by atoms with van der Waals surface area (Å²) in [6.07, 6.45) is 6.28. The van der Waals surface area contributed by atoms with E-state index in [-0.39, 0.29) is 11.6 Å². The van der Waals surface area contributed by atoms with Gasteiger partial charge in [0.05, 0.1) is 5.56 Å². The lowest BCUT2D eigenvalue weighted by Gasteiger charge is -2.30. The second-order valence-corrected chi connectivity index (χ2v) is 8.30. The second-order valence-electron chi connectivity index (χ2n) is 8.30. The highest BCUT2D eigenvalue weighted by molar-refractivity contribution is 6.13. The molecule has 0 saturated carbocycles. The average Bonchev–Trinajstić information content (AvgIpc) is 3.15. The summed E-state index contributed by atoms with van der Waals surface area (Å²) in [5.74, 6) is 1.35. The van der Waals surface area contributed by atoms with Crippen molar-refractivity contribution in [1.82, 2.24) is 4.90 Å². The number of hydrogen-bond acceptors (Lipinski definition) is 4. The minimum absolute atomic E-state index is 0.114. The van der Waals surface area contributed by atoms with Crippen LogP contribution in [0.25, 0.3) is 6.08 Å². The van der Waals surface area contributed by atoms with Gasteiger partial charge in [0, 0.05) is 24.2 Å². The molecule has 0 unspecified atom stereocenters. The van der Waals surface area contributed by atoms with Crippen LogP contribution >= 0.6 is 0 Å². The van der Waals surface area contributed by atoms with Gasteiger partial charge in [0.1, 0.15) is 24.0 Å². The molecule has 0 bridgehead atoms. The number of halogens is 1. The third-order valence-corrected chi connectivity index (χ3v) is 5.97. The standard InChI is InChI=1S/C28H24FNO3/c1-19-27-22(17-30(18-32-27)15-14-21-10-12-23(29)13-11-21)16-24-26(31)25(33-28(19)24)9-5-8-20-6-3-2-4-7-20/h2-13,16H,14-15,17-18H2,1H3/b8-5+,25-9-. The van der Waals surface area contributed by atoms with Gasteiger partial charge in [-0.3, -0.25) is 9.69 Å². The number of carbonyl (C=O) groups excluding carboxylic acids is 1. The van der Waals surface area contributed by atoms with Crippen LogP contribution in [0.3, 0.4) is 0 Å². The number of nitrogens with zero attached hydrogens (tertiary/aromatic N) is 1. The first-order valence-corrected chi connectivity index (χ1v) is 11.0. The SMILES string of the molecule is Cc1c2c(cc3c1O/C(=C\C=C\c1ccccc1)C3=O)CN(CCc1ccc(F)cc1)CO2. The van der Waals surface area contributed by atoms with Crippen molar-refractivity contribution in [2.75, 3.05) is 13.3 Å². The van der Waals surface area contributed by atoms with Crippen molar-refractivity contribution >= 4 is 11.9 Å². The third kappa shape index (κ3) is 4.45. The topological polar surface area (TPSA) is 38.8 Å². The Balaban J connectivity index is 1.31. The highest BCUT2D eigenvalue weighted by Crippen LogP contribution is 2.42. The molecule has 5 heteroatoms. The number of ketones is 1. The van der Waals surface area contributed by atoms with Gasteiger partial charge in [-0.25, -0.2) is 4.39 Å². The minimum atomic E-state index is -0.228. The molecule has 2 aliphatic heterocycles. The highest BCUT2D eigenvalue weighted by atomic mass is 19.1. The quantitative estimate of drug-likeness (QED) is 0.476. The molecule has 0 atom stereocenters. The molecule has 0 aromatic heterocycles. The summed E-state index contributed by atoms with van der Waals surface area (Å²) in [4.78, 5) is 15.2. The summed E-state index contributed by atoms with van der Waals surface area (Å²) in [7, 11) is 0. The maximum absolute atomic E-state index is 13.1. The van der Waals surface area contributed by atoms with Gasteiger partial charge in [-0.2, -0.15) is 0 Å². The van der Waals surface area contributed by atoms with Crippen molar-refractivity contribution in [3.05, 3.63) is 112 Å². The smallest absolute Gasteiger partial charge is 0.231 e. The van der Waals surface area contributed by atoms with Crippen molar-refractivity contribution in [2.45, 2.75) is 19.9 Å². The maximum Gasteiger partial charge on any atom is 0.231 e. The highest BCUT2D eigenvalue weighted by Gasteiger charge is 2.33. The van der Waals surface area contributed by atoms with Crippen molar-refractivity contribution in [3.63, 3.8) is 0 Å². The van der Waals surface area contributed by atoms with Crippen LogP contribution < -0.4 is 9.47 Å². The lowest BCUT2D eigenvalue weighted by molar-refractivity contribution is 0.0954. The van der Waals surface area contributed by atoms with Gasteiger partial charge < -0.3 is 9.47 Å². The maximum atomic E-state index is 13.1. The summed E-state index contributed by atoms with van der Waals surface area (Å²) < 4.78 is 25.1. The number of Topliss-reactive ketones (excluding diaryl/α,β-unsaturated/α-hetero) is 1. The summed E-state index contributed by atoms with van der Waals surface area (Å²) in [6, 6.07) is 18.4. The van der Waals surface area contributed by atoms with E-state index in [4.69, 9.17) is 9.47 Å². The molecule has 0 spiro atoms. The normalized spacial score (nSPS) is 16.5. The van der Waals surface area contributed by atoms with Gasteiger partial charge in [0.2, 0.25) is 5.78 Å². The molecule has 0 amide bonds. The molecule has 33 heavy (non-hydrogen) atoms. The molecule has 0 N–H and O–H groups in total. The fourth-order valence-electron chi connectivity index (χ4n) is 4.20. The number of carbonyl (C=O) groups is 1. The summed E-state index contributed by atoms with van der Waals surface area (Å²) in [5, 5.41) is 0. The Hall–Kier alpha value is -3.70. The zero-order valence-electron chi connectivity index (χ0n) is 18.4. The van der Waals surface area contributed by atoms with E-state index in [0.29, 0.717) is 30.3 Å². The zero-order valence-corrected chi connectivity index (χ0v) is 18.4. The minimum Gasteiger partial charge on any atom is -0.477 e. The number of ether oxygens (including phenoxy) is 2. The van der Waals surface area contributed by atoms with Gasteiger partial charge in [-0.05, 0) is 48.7 Å². The fraction of sp³-hybridized carbons (Fsp3) is 0.179. The molecular formula is C28H24FNO3. The van der Waals surface area contributed by atoms with Crippen molar-refractivity contribution in [2.24, 2.45) is 0 Å². The van der Waals surface area contributed by atoms with Crippen molar-refractivity contribution < 1.29 is 18.7 Å². The molecular weight excluding hydrogens is 417 g/mol. The van der Waals surface area contributed by atoms with E-state index in [0.717, 1.165) is 41.0 Å². The van der Waals surface area contributed by atoms with Gasteiger partial charge in [-0.1, -0.05) is 54.6 Å². The molecule has 2 aliphatic rings. The number of rotatable bonds is 5. The average molecular weight is 442 g/mol. The van der Waals surface area contributed by atoms with E-state index >= 15 is 0 Å². The Morgan fingerprint density at radius 2 is 1.85 bits per heavy atom. The Morgan fingerprint density at radius 3 is 2.64 bits per heavy atom. The summed E-state index contributed by atoms with van der Waals surface area (Å²) in [5.41, 5.74) is 4.54. The Bertz CT molecular complexity index is 1250. The monoisotopic (exact) mass is 441 g/mol. The number of benzene rings is 3.